The highest BCUT2D eigenvalue weighted by molar-refractivity contribution is 6.09. The molecule has 2 aromatic rings. The number of hydrogen-bond acceptors (Lipinski definition) is 5. The lowest BCUT2D eigenvalue weighted by Crippen LogP contribution is -2.22. The number of ether oxygens (including phenoxy) is 1. The third kappa shape index (κ3) is 3.03. The van der Waals surface area contributed by atoms with E-state index < -0.39 is 0 Å². The number of likely N-dealkylation sites (N-methyl/N-ethyl adjacent to an activating group) is 1. The van der Waals surface area contributed by atoms with E-state index in [0.29, 0.717) is 23.6 Å². The first-order valence-corrected chi connectivity index (χ1v) is 6.32. The summed E-state index contributed by atoms with van der Waals surface area (Å²) in [7, 11) is 5.49. The number of nitrogens with zero attached hydrogens (tertiary/aromatic N) is 4. The molecular formula is C14H18N4O2. The minimum absolute atomic E-state index is 0.111. The van der Waals surface area contributed by atoms with Crippen LogP contribution in [0.3, 0.4) is 0 Å². The van der Waals surface area contributed by atoms with Gasteiger partial charge in [0.15, 0.2) is 11.4 Å². The molecule has 0 aliphatic rings. The fourth-order valence-corrected chi connectivity index (χ4v) is 1.85. The molecule has 0 bridgehead atoms. The fraction of sp³-hybridized carbons (Fsp3) is 0.357. The topological polar surface area (TPSA) is 60.2 Å². The van der Waals surface area contributed by atoms with Gasteiger partial charge >= 0.3 is 0 Å². The molecule has 0 aliphatic heterocycles. The van der Waals surface area contributed by atoms with Gasteiger partial charge in [0, 0.05) is 24.5 Å². The van der Waals surface area contributed by atoms with Gasteiger partial charge in [0.1, 0.15) is 0 Å². The summed E-state index contributed by atoms with van der Waals surface area (Å²) < 4.78 is 6.92. The standard InChI is InChI=1S/C14H18N4O2/c1-17(2)8-9-18-13(12(20-3)10-16-18)14(19)11-4-6-15-7-5-11/h4-7,10H,8-9H2,1-3H3. The molecule has 0 unspecified atom stereocenters. The van der Waals surface area contributed by atoms with Gasteiger partial charge in [-0.2, -0.15) is 5.10 Å². The molecule has 2 aromatic heterocycles. The van der Waals surface area contributed by atoms with Crippen molar-refractivity contribution in [3.05, 3.63) is 42.0 Å². The quantitative estimate of drug-likeness (QED) is 0.738. The summed E-state index contributed by atoms with van der Waals surface area (Å²) in [6, 6.07) is 3.37. The van der Waals surface area contributed by atoms with E-state index in [4.69, 9.17) is 4.74 Å². The summed E-state index contributed by atoms with van der Waals surface area (Å²) >= 11 is 0. The maximum Gasteiger partial charge on any atom is 0.214 e. The lowest BCUT2D eigenvalue weighted by atomic mass is 10.1. The Hall–Kier alpha value is -2.21. The van der Waals surface area contributed by atoms with Crippen LogP contribution in [-0.2, 0) is 6.54 Å². The Morgan fingerprint density at radius 1 is 1.35 bits per heavy atom. The molecule has 0 radical (unpaired) electrons. The van der Waals surface area contributed by atoms with Crippen LogP contribution in [0.15, 0.2) is 30.7 Å². The minimum atomic E-state index is -0.111. The second kappa shape index (κ2) is 6.29. The van der Waals surface area contributed by atoms with Crippen molar-refractivity contribution in [1.82, 2.24) is 19.7 Å². The molecule has 0 aromatic carbocycles. The lowest BCUT2D eigenvalue weighted by Gasteiger charge is -2.12. The van der Waals surface area contributed by atoms with E-state index in [1.165, 1.54) is 7.11 Å². The van der Waals surface area contributed by atoms with Gasteiger partial charge < -0.3 is 9.64 Å². The van der Waals surface area contributed by atoms with Gasteiger partial charge in [-0.05, 0) is 26.2 Å². The fourth-order valence-electron chi connectivity index (χ4n) is 1.85. The number of aromatic nitrogens is 3. The summed E-state index contributed by atoms with van der Waals surface area (Å²) in [4.78, 5) is 18.5. The first-order valence-electron chi connectivity index (χ1n) is 6.32. The molecule has 0 saturated carbocycles. The number of pyridine rings is 1. The summed E-state index contributed by atoms with van der Waals surface area (Å²) in [5.41, 5.74) is 1.05. The first-order chi connectivity index (χ1) is 9.63. The maximum absolute atomic E-state index is 12.6. The van der Waals surface area contributed by atoms with Crippen molar-refractivity contribution < 1.29 is 9.53 Å². The third-order valence-corrected chi connectivity index (χ3v) is 2.94. The van der Waals surface area contributed by atoms with Gasteiger partial charge in [-0.25, -0.2) is 0 Å². The predicted molar refractivity (Wildman–Crippen MR) is 75.0 cm³/mol. The number of rotatable bonds is 6. The van der Waals surface area contributed by atoms with Crippen LogP contribution >= 0.6 is 0 Å². The van der Waals surface area contributed by atoms with Crippen molar-refractivity contribution in [2.24, 2.45) is 0 Å². The summed E-state index contributed by atoms with van der Waals surface area (Å²) in [5.74, 6) is 0.381. The molecule has 20 heavy (non-hydrogen) atoms. The predicted octanol–water partition coefficient (Wildman–Crippen LogP) is 1.08. The van der Waals surface area contributed by atoms with Gasteiger partial charge in [-0.1, -0.05) is 0 Å². The SMILES string of the molecule is COc1cnn(CCN(C)C)c1C(=O)c1ccncc1. The average Bonchev–Trinajstić information content (AvgIpc) is 2.88. The van der Waals surface area contributed by atoms with E-state index in [1.807, 2.05) is 19.0 Å². The minimum Gasteiger partial charge on any atom is -0.493 e. The highest BCUT2D eigenvalue weighted by atomic mass is 16.5. The Balaban J connectivity index is 2.33. The number of hydrogen-bond donors (Lipinski definition) is 0. The number of methoxy groups -OCH3 is 1. The van der Waals surface area contributed by atoms with Crippen LogP contribution in [0.1, 0.15) is 16.1 Å². The zero-order valence-electron chi connectivity index (χ0n) is 11.9. The Morgan fingerprint density at radius 2 is 2.05 bits per heavy atom. The number of carbonyl (C=O) groups is 1. The Bertz CT molecular complexity index is 578. The third-order valence-electron chi connectivity index (χ3n) is 2.94. The van der Waals surface area contributed by atoms with Gasteiger partial charge in [-0.15, -0.1) is 0 Å². The van der Waals surface area contributed by atoms with Crippen LogP contribution in [0.2, 0.25) is 0 Å². The van der Waals surface area contributed by atoms with Gasteiger partial charge in [0.2, 0.25) is 5.78 Å². The van der Waals surface area contributed by atoms with Crippen LogP contribution in [0.5, 0.6) is 5.75 Å². The molecule has 0 saturated heterocycles. The van der Waals surface area contributed by atoms with E-state index in [1.54, 1.807) is 35.4 Å². The zero-order valence-corrected chi connectivity index (χ0v) is 11.9. The van der Waals surface area contributed by atoms with Gasteiger partial charge in [0.25, 0.3) is 0 Å². The van der Waals surface area contributed by atoms with Crippen molar-refractivity contribution in [2.45, 2.75) is 6.54 Å². The molecular weight excluding hydrogens is 256 g/mol. The van der Waals surface area contributed by atoms with Crippen molar-refractivity contribution in [3.63, 3.8) is 0 Å². The second-order valence-corrected chi connectivity index (χ2v) is 4.65. The first kappa shape index (κ1) is 14.2. The van der Waals surface area contributed by atoms with Crippen molar-refractivity contribution in [3.8, 4) is 5.75 Å². The smallest absolute Gasteiger partial charge is 0.214 e. The molecule has 6 nitrogen and oxygen atoms in total. The lowest BCUT2D eigenvalue weighted by molar-refractivity contribution is 0.102. The molecule has 2 rings (SSSR count). The van der Waals surface area contributed by atoms with E-state index in [9.17, 15) is 4.79 Å². The number of ketones is 1. The van der Waals surface area contributed by atoms with Crippen molar-refractivity contribution in [1.29, 1.82) is 0 Å². The second-order valence-electron chi connectivity index (χ2n) is 4.65. The van der Waals surface area contributed by atoms with E-state index in [-0.39, 0.29) is 5.78 Å². The molecule has 0 atom stereocenters. The molecule has 106 valence electrons. The summed E-state index contributed by atoms with van der Waals surface area (Å²) in [5, 5.41) is 4.23. The molecule has 0 aliphatic carbocycles. The molecule has 0 spiro atoms. The Labute approximate surface area is 118 Å². The Kier molecular flexibility index (Phi) is 4.47. The molecule has 6 heteroatoms. The normalized spacial score (nSPS) is 10.8. The molecule has 2 heterocycles. The largest absolute Gasteiger partial charge is 0.493 e. The summed E-state index contributed by atoms with van der Waals surface area (Å²) in [6.45, 7) is 1.42. The Morgan fingerprint density at radius 3 is 2.65 bits per heavy atom. The van der Waals surface area contributed by atoms with E-state index >= 15 is 0 Å². The summed E-state index contributed by atoms with van der Waals surface area (Å²) in [6.07, 6.45) is 4.77. The maximum atomic E-state index is 12.6. The van der Waals surface area contributed by atoms with Gasteiger partial charge in [0.05, 0.1) is 19.9 Å². The van der Waals surface area contributed by atoms with Crippen LogP contribution in [0.4, 0.5) is 0 Å². The van der Waals surface area contributed by atoms with Crippen LogP contribution in [-0.4, -0.2) is 53.2 Å². The van der Waals surface area contributed by atoms with Crippen molar-refractivity contribution in [2.75, 3.05) is 27.7 Å². The van der Waals surface area contributed by atoms with Gasteiger partial charge in [-0.3, -0.25) is 14.5 Å². The number of carbonyl (C=O) groups excluding carboxylic acids is 1. The van der Waals surface area contributed by atoms with Crippen LogP contribution < -0.4 is 4.74 Å². The molecule has 0 fully saturated rings. The highest BCUT2D eigenvalue weighted by Crippen LogP contribution is 2.21. The van der Waals surface area contributed by atoms with Crippen LogP contribution in [0.25, 0.3) is 0 Å². The zero-order chi connectivity index (χ0) is 14.5. The van der Waals surface area contributed by atoms with Crippen LogP contribution in [0, 0.1) is 0 Å². The monoisotopic (exact) mass is 274 g/mol. The average molecular weight is 274 g/mol. The van der Waals surface area contributed by atoms with Crippen molar-refractivity contribution >= 4 is 5.78 Å². The van der Waals surface area contributed by atoms with E-state index in [2.05, 4.69) is 10.1 Å². The highest BCUT2D eigenvalue weighted by Gasteiger charge is 2.20. The molecule has 0 amide bonds. The molecule has 0 N–H and O–H groups in total. The van der Waals surface area contributed by atoms with E-state index in [0.717, 1.165) is 6.54 Å².